The van der Waals surface area contributed by atoms with E-state index in [1.807, 2.05) is 13.0 Å². The summed E-state index contributed by atoms with van der Waals surface area (Å²) in [5.74, 6) is 1.46. The number of nitrogens with one attached hydrogen (secondary N) is 1. The number of hydrogen-bond donors (Lipinski definition) is 1. The van der Waals surface area contributed by atoms with Crippen LogP contribution in [0.4, 0.5) is 5.69 Å². The topological polar surface area (TPSA) is 94.2 Å². The smallest absolute Gasteiger partial charge is 0.261 e. The van der Waals surface area contributed by atoms with E-state index in [1.165, 1.54) is 7.05 Å². The molecule has 0 spiro atoms. The summed E-state index contributed by atoms with van der Waals surface area (Å²) < 4.78 is 40.7. The number of nitrogens with zero attached hydrogens (tertiary/aromatic N) is 1. The quantitative estimate of drug-likeness (QED) is 0.650. The first kappa shape index (κ1) is 23.3. The highest BCUT2D eigenvalue weighted by atomic mass is 32.2. The van der Waals surface area contributed by atoms with Gasteiger partial charge in [0, 0.05) is 12.6 Å². The number of rotatable bonds is 9. The molecule has 2 aromatic carbocycles. The molecule has 2 rings (SSSR count). The van der Waals surface area contributed by atoms with Crippen LogP contribution in [0.2, 0.25) is 0 Å². The van der Waals surface area contributed by atoms with Crippen LogP contribution >= 0.6 is 0 Å². The van der Waals surface area contributed by atoms with E-state index < -0.39 is 16.1 Å². The Hall–Kier alpha value is -2.94. The van der Waals surface area contributed by atoms with Crippen LogP contribution in [-0.4, -0.2) is 48.0 Å². The summed E-state index contributed by atoms with van der Waals surface area (Å²) in [4.78, 5) is 12.6. The number of benzene rings is 2. The molecule has 0 heterocycles. The number of sulfonamides is 1. The number of methoxy groups -OCH3 is 2. The summed E-state index contributed by atoms with van der Waals surface area (Å²) in [7, 11) is 1.26. The van der Waals surface area contributed by atoms with Gasteiger partial charge < -0.3 is 19.5 Å². The van der Waals surface area contributed by atoms with Gasteiger partial charge in [-0.1, -0.05) is 0 Å². The zero-order valence-electron chi connectivity index (χ0n) is 18.0. The summed E-state index contributed by atoms with van der Waals surface area (Å²) in [5.41, 5.74) is 1.28. The second-order valence-electron chi connectivity index (χ2n) is 6.82. The average Bonchev–Trinajstić information content (AvgIpc) is 2.72. The number of anilines is 1. The Morgan fingerprint density at radius 2 is 1.60 bits per heavy atom. The monoisotopic (exact) mass is 436 g/mol. The lowest BCUT2D eigenvalue weighted by atomic mass is 10.1. The number of carbonyl (C=O) groups is 1. The Kier molecular flexibility index (Phi) is 7.55. The van der Waals surface area contributed by atoms with Gasteiger partial charge in [-0.3, -0.25) is 9.10 Å². The summed E-state index contributed by atoms with van der Waals surface area (Å²) in [6, 6.07) is 11.5. The minimum absolute atomic E-state index is 0.301. The molecule has 0 aliphatic rings. The maximum atomic E-state index is 12.6. The van der Waals surface area contributed by atoms with Gasteiger partial charge in [-0.25, -0.2) is 8.42 Å². The van der Waals surface area contributed by atoms with Crippen molar-refractivity contribution in [2.45, 2.75) is 26.0 Å². The largest absolute Gasteiger partial charge is 0.497 e. The first-order chi connectivity index (χ1) is 14.1. The fourth-order valence-corrected chi connectivity index (χ4v) is 3.27. The maximum absolute atomic E-state index is 12.6. The summed E-state index contributed by atoms with van der Waals surface area (Å²) >= 11 is 0. The average molecular weight is 437 g/mol. The maximum Gasteiger partial charge on any atom is 0.261 e. The highest BCUT2D eigenvalue weighted by molar-refractivity contribution is 7.92. The highest BCUT2D eigenvalue weighted by Gasteiger charge is 2.20. The summed E-state index contributed by atoms with van der Waals surface area (Å²) in [5, 5.41) is 2.90. The summed E-state index contributed by atoms with van der Waals surface area (Å²) in [6.45, 7) is 3.49. The number of carbonyl (C=O) groups excluding carboxylic acids is 1. The second-order valence-corrected chi connectivity index (χ2v) is 8.84. The molecule has 8 nitrogen and oxygen atoms in total. The zero-order valence-corrected chi connectivity index (χ0v) is 18.8. The van der Waals surface area contributed by atoms with Gasteiger partial charge in [0.15, 0.2) is 6.10 Å². The first-order valence-corrected chi connectivity index (χ1v) is 11.1. The lowest BCUT2D eigenvalue weighted by Gasteiger charge is -2.21. The van der Waals surface area contributed by atoms with E-state index in [4.69, 9.17) is 14.2 Å². The molecule has 2 aromatic rings. The fourth-order valence-electron chi connectivity index (χ4n) is 2.77. The van der Waals surface area contributed by atoms with E-state index in [1.54, 1.807) is 57.5 Å². The van der Waals surface area contributed by atoms with E-state index in [0.29, 0.717) is 22.9 Å². The first-order valence-electron chi connectivity index (χ1n) is 9.29. The predicted octanol–water partition coefficient (Wildman–Crippen LogP) is 2.74. The Bertz CT molecular complexity index is 975. The lowest BCUT2D eigenvalue weighted by Crippen LogP contribution is -2.37. The number of hydrogen-bond acceptors (Lipinski definition) is 6. The Morgan fingerprint density at radius 3 is 2.13 bits per heavy atom. The van der Waals surface area contributed by atoms with Crippen molar-refractivity contribution < 1.29 is 27.4 Å². The Balaban J connectivity index is 2.04. The van der Waals surface area contributed by atoms with Crippen molar-refractivity contribution in [1.29, 1.82) is 0 Å². The molecule has 0 saturated heterocycles. The molecule has 2 atom stereocenters. The van der Waals surface area contributed by atoms with Gasteiger partial charge >= 0.3 is 0 Å². The molecule has 30 heavy (non-hydrogen) atoms. The number of amides is 1. The van der Waals surface area contributed by atoms with Gasteiger partial charge in [0.25, 0.3) is 5.91 Å². The van der Waals surface area contributed by atoms with Gasteiger partial charge in [0.1, 0.15) is 17.2 Å². The predicted molar refractivity (Wildman–Crippen MR) is 116 cm³/mol. The zero-order chi connectivity index (χ0) is 22.5. The minimum atomic E-state index is -3.35. The standard InChI is InChI=1S/C21H28N2O6S/c1-14(19-13-18(27-4)11-12-20(19)28-5)22-21(24)15(2)29-17-9-7-16(8-10-17)23(3)30(6,25)26/h7-15H,1-6H3,(H,22,24). The van der Waals surface area contributed by atoms with Gasteiger partial charge in [-0.15, -0.1) is 0 Å². The molecule has 0 aromatic heterocycles. The Labute approximate surface area is 177 Å². The van der Waals surface area contributed by atoms with E-state index >= 15 is 0 Å². The summed E-state index contributed by atoms with van der Waals surface area (Å²) in [6.07, 6.45) is 0.366. The van der Waals surface area contributed by atoms with E-state index in [9.17, 15) is 13.2 Å². The van der Waals surface area contributed by atoms with Crippen LogP contribution in [-0.2, 0) is 14.8 Å². The molecular weight excluding hydrogens is 408 g/mol. The van der Waals surface area contributed by atoms with Crippen LogP contribution in [0, 0.1) is 0 Å². The number of ether oxygens (including phenoxy) is 3. The van der Waals surface area contributed by atoms with Gasteiger partial charge in [0.2, 0.25) is 10.0 Å². The molecule has 164 valence electrons. The molecule has 9 heteroatoms. The molecule has 0 radical (unpaired) electrons. The molecule has 0 saturated carbocycles. The van der Waals surface area contributed by atoms with Gasteiger partial charge in [0.05, 0.1) is 32.2 Å². The molecular formula is C21H28N2O6S. The second kappa shape index (κ2) is 9.71. The van der Waals surface area contributed by atoms with Crippen molar-refractivity contribution in [3.05, 3.63) is 48.0 Å². The van der Waals surface area contributed by atoms with Crippen molar-refractivity contribution in [1.82, 2.24) is 5.32 Å². The van der Waals surface area contributed by atoms with Gasteiger partial charge in [-0.05, 0) is 56.3 Å². The molecule has 0 aliphatic carbocycles. The molecule has 0 fully saturated rings. The van der Waals surface area contributed by atoms with Crippen molar-refractivity contribution in [3.63, 3.8) is 0 Å². The fraction of sp³-hybridized carbons (Fsp3) is 0.381. The van der Waals surface area contributed by atoms with Crippen LogP contribution in [0.3, 0.4) is 0 Å². The third-order valence-corrected chi connectivity index (χ3v) is 5.85. The van der Waals surface area contributed by atoms with Crippen molar-refractivity contribution in [2.24, 2.45) is 0 Å². The highest BCUT2D eigenvalue weighted by Crippen LogP contribution is 2.29. The van der Waals surface area contributed by atoms with Crippen LogP contribution in [0.5, 0.6) is 17.2 Å². The third-order valence-electron chi connectivity index (χ3n) is 4.64. The van der Waals surface area contributed by atoms with Crippen LogP contribution < -0.4 is 23.8 Å². The SMILES string of the molecule is COc1ccc(OC)c(C(C)NC(=O)C(C)Oc2ccc(N(C)S(C)(=O)=O)cc2)c1. The lowest BCUT2D eigenvalue weighted by molar-refractivity contribution is -0.127. The van der Waals surface area contributed by atoms with E-state index in [0.717, 1.165) is 16.1 Å². The molecule has 1 N–H and O–H groups in total. The third kappa shape index (κ3) is 5.79. The van der Waals surface area contributed by atoms with Crippen LogP contribution in [0.25, 0.3) is 0 Å². The van der Waals surface area contributed by atoms with E-state index in [2.05, 4.69) is 5.32 Å². The van der Waals surface area contributed by atoms with Crippen LogP contribution in [0.15, 0.2) is 42.5 Å². The van der Waals surface area contributed by atoms with Crippen molar-refractivity contribution >= 4 is 21.6 Å². The molecule has 0 aliphatic heterocycles. The molecule has 2 unspecified atom stereocenters. The minimum Gasteiger partial charge on any atom is -0.497 e. The Morgan fingerprint density at radius 1 is 1.00 bits per heavy atom. The van der Waals surface area contributed by atoms with Crippen molar-refractivity contribution in [2.75, 3.05) is 31.8 Å². The normalized spacial score (nSPS) is 13.1. The molecule has 1 amide bonds. The van der Waals surface area contributed by atoms with E-state index in [-0.39, 0.29) is 11.9 Å². The van der Waals surface area contributed by atoms with Crippen LogP contribution in [0.1, 0.15) is 25.5 Å². The van der Waals surface area contributed by atoms with Gasteiger partial charge in [-0.2, -0.15) is 0 Å². The molecule has 0 bridgehead atoms. The van der Waals surface area contributed by atoms with Crippen molar-refractivity contribution in [3.8, 4) is 17.2 Å².